The van der Waals surface area contributed by atoms with E-state index in [9.17, 15) is 9.59 Å². The van der Waals surface area contributed by atoms with Crippen LogP contribution in [0.1, 0.15) is 12.0 Å². The van der Waals surface area contributed by atoms with Gasteiger partial charge in [-0.1, -0.05) is 47.5 Å². The molecule has 0 aliphatic rings. The van der Waals surface area contributed by atoms with Crippen LogP contribution < -0.4 is 10.7 Å². The molecule has 2 rings (SSSR count). The van der Waals surface area contributed by atoms with Gasteiger partial charge in [-0.2, -0.15) is 5.10 Å². The van der Waals surface area contributed by atoms with Gasteiger partial charge in [0.05, 0.1) is 21.9 Å². The first kappa shape index (κ1) is 18.4. The molecule has 2 N–H and O–H groups in total. The van der Waals surface area contributed by atoms with Gasteiger partial charge in [0.15, 0.2) is 0 Å². The Bertz CT molecular complexity index is 797. The molecule has 24 heavy (non-hydrogen) atoms. The molecule has 0 unspecified atom stereocenters. The van der Waals surface area contributed by atoms with Gasteiger partial charge in [0, 0.05) is 10.0 Å². The van der Waals surface area contributed by atoms with Crippen LogP contribution in [0.5, 0.6) is 0 Å². The van der Waals surface area contributed by atoms with Gasteiger partial charge in [-0.15, -0.1) is 0 Å². The lowest BCUT2D eigenvalue weighted by atomic mass is 10.2. The zero-order chi connectivity index (χ0) is 17.5. The van der Waals surface area contributed by atoms with Gasteiger partial charge in [-0.25, -0.2) is 5.43 Å². The van der Waals surface area contributed by atoms with Gasteiger partial charge in [0.25, 0.3) is 0 Å². The first-order chi connectivity index (χ1) is 11.5. The number of halogens is 3. The lowest BCUT2D eigenvalue weighted by Crippen LogP contribution is -2.24. The maximum absolute atomic E-state index is 11.8. The van der Waals surface area contributed by atoms with E-state index in [0.29, 0.717) is 21.3 Å². The van der Waals surface area contributed by atoms with E-state index in [2.05, 4.69) is 31.8 Å². The Hall–Kier alpha value is -1.89. The van der Waals surface area contributed by atoms with E-state index in [1.54, 1.807) is 36.4 Å². The summed E-state index contributed by atoms with van der Waals surface area (Å²) in [6.07, 6.45) is 1.000. The Kier molecular flexibility index (Phi) is 6.78. The van der Waals surface area contributed by atoms with Crippen LogP contribution in [0.4, 0.5) is 5.69 Å². The molecule has 0 radical (unpaired) electrons. The Morgan fingerprint density at radius 3 is 2.58 bits per heavy atom. The summed E-state index contributed by atoms with van der Waals surface area (Å²) in [4.78, 5) is 23.5. The highest BCUT2D eigenvalue weighted by molar-refractivity contribution is 9.10. The number of benzene rings is 2. The Balaban J connectivity index is 1.87. The molecule has 2 aromatic rings. The number of hydrogen-bond donors (Lipinski definition) is 2. The summed E-state index contributed by atoms with van der Waals surface area (Å²) in [5, 5.41) is 7.12. The summed E-state index contributed by atoms with van der Waals surface area (Å²) in [5.74, 6) is -0.996. The maximum atomic E-state index is 11.8. The number of nitrogens with zero attached hydrogens (tertiary/aromatic N) is 1. The van der Waals surface area contributed by atoms with Crippen molar-refractivity contribution in [3.63, 3.8) is 0 Å². The average Bonchev–Trinajstić information content (AvgIpc) is 2.53. The zero-order valence-electron chi connectivity index (χ0n) is 12.2. The molecule has 0 spiro atoms. The highest BCUT2D eigenvalue weighted by Gasteiger charge is 2.10. The van der Waals surface area contributed by atoms with Gasteiger partial charge in [0.2, 0.25) is 11.8 Å². The van der Waals surface area contributed by atoms with Crippen LogP contribution in [-0.2, 0) is 9.59 Å². The van der Waals surface area contributed by atoms with Crippen molar-refractivity contribution in [1.82, 2.24) is 5.43 Å². The number of anilines is 1. The van der Waals surface area contributed by atoms with Gasteiger partial charge in [0.1, 0.15) is 6.42 Å². The standard InChI is InChI=1S/C16H12BrCl2N3O2/c17-11-5-1-2-7-13(11)21-14(23)8-15(24)22-20-9-10-4-3-6-12(18)16(10)19/h1-7,9H,8H2,(H,21,23)(H,22,24). The third-order valence-corrected chi connectivity index (χ3v) is 4.37. The van der Waals surface area contributed by atoms with Crippen LogP contribution in [0.25, 0.3) is 0 Å². The summed E-state index contributed by atoms with van der Waals surface area (Å²) in [7, 11) is 0. The van der Waals surface area contributed by atoms with E-state index in [1.165, 1.54) is 6.21 Å². The monoisotopic (exact) mass is 427 g/mol. The average molecular weight is 429 g/mol. The largest absolute Gasteiger partial charge is 0.325 e. The number of hydrogen-bond acceptors (Lipinski definition) is 3. The molecule has 124 valence electrons. The molecule has 8 heteroatoms. The predicted molar refractivity (Wildman–Crippen MR) is 99.6 cm³/mol. The number of nitrogens with one attached hydrogen (secondary N) is 2. The minimum Gasteiger partial charge on any atom is -0.325 e. The summed E-state index contributed by atoms with van der Waals surface area (Å²) >= 11 is 15.2. The normalized spacial score (nSPS) is 10.6. The second-order valence-corrected chi connectivity index (χ2v) is 6.28. The molecule has 0 aliphatic heterocycles. The molecular formula is C16H12BrCl2N3O2. The number of hydrazone groups is 1. The molecular weight excluding hydrogens is 417 g/mol. The Morgan fingerprint density at radius 2 is 1.83 bits per heavy atom. The van der Waals surface area contributed by atoms with Crippen molar-refractivity contribution in [2.45, 2.75) is 6.42 Å². The summed E-state index contributed by atoms with van der Waals surface area (Å²) < 4.78 is 0.729. The minimum atomic E-state index is -0.547. The third kappa shape index (κ3) is 5.33. The molecule has 0 aromatic heterocycles. The van der Waals surface area contributed by atoms with Crippen molar-refractivity contribution < 1.29 is 9.59 Å². The van der Waals surface area contributed by atoms with Crippen LogP contribution in [0.2, 0.25) is 10.0 Å². The van der Waals surface area contributed by atoms with Crippen molar-refractivity contribution in [2.24, 2.45) is 5.10 Å². The highest BCUT2D eigenvalue weighted by Crippen LogP contribution is 2.24. The van der Waals surface area contributed by atoms with Gasteiger partial charge >= 0.3 is 0 Å². The van der Waals surface area contributed by atoms with E-state index < -0.39 is 11.8 Å². The number of carbonyl (C=O) groups excluding carboxylic acids is 2. The quantitative estimate of drug-likeness (QED) is 0.424. The molecule has 0 saturated heterocycles. The molecule has 0 saturated carbocycles. The fraction of sp³-hybridized carbons (Fsp3) is 0.0625. The topological polar surface area (TPSA) is 70.6 Å². The summed E-state index contributed by atoms with van der Waals surface area (Å²) in [6.45, 7) is 0. The molecule has 2 amide bonds. The Labute approximate surface area is 157 Å². The molecule has 0 atom stereocenters. The van der Waals surface area contributed by atoms with Crippen LogP contribution in [0, 0.1) is 0 Å². The van der Waals surface area contributed by atoms with Gasteiger partial charge in [-0.05, 0) is 34.1 Å². The molecule has 2 aromatic carbocycles. The second kappa shape index (κ2) is 8.82. The van der Waals surface area contributed by atoms with Crippen LogP contribution in [0.3, 0.4) is 0 Å². The zero-order valence-corrected chi connectivity index (χ0v) is 15.3. The van der Waals surface area contributed by atoms with Crippen molar-refractivity contribution in [3.05, 3.63) is 62.5 Å². The van der Waals surface area contributed by atoms with Crippen LogP contribution in [0.15, 0.2) is 52.0 Å². The summed E-state index contributed by atoms with van der Waals surface area (Å²) in [6, 6.07) is 12.2. The van der Waals surface area contributed by atoms with E-state index in [4.69, 9.17) is 23.2 Å². The van der Waals surface area contributed by atoms with E-state index in [1.807, 2.05) is 6.07 Å². The van der Waals surface area contributed by atoms with Crippen LogP contribution in [-0.4, -0.2) is 18.0 Å². The Morgan fingerprint density at radius 1 is 1.08 bits per heavy atom. The number of amides is 2. The highest BCUT2D eigenvalue weighted by atomic mass is 79.9. The lowest BCUT2D eigenvalue weighted by Gasteiger charge is -2.06. The molecule has 0 bridgehead atoms. The first-order valence-corrected chi connectivity index (χ1v) is 8.32. The summed E-state index contributed by atoms with van der Waals surface area (Å²) in [5.41, 5.74) is 3.41. The molecule has 0 aliphatic carbocycles. The van der Waals surface area contributed by atoms with Crippen molar-refractivity contribution >= 4 is 62.8 Å². The van der Waals surface area contributed by atoms with E-state index >= 15 is 0 Å². The van der Waals surface area contributed by atoms with E-state index in [0.717, 1.165) is 4.47 Å². The lowest BCUT2D eigenvalue weighted by molar-refractivity contribution is -0.126. The second-order valence-electron chi connectivity index (χ2n) is 4.64. The maximum Gasteiger partial charge on any atom is 0.249 e. The van der Waals surface area contributed by atoms with Crippen molar-refractivity contribution in [2.75, 3.05) is 5.32 Å². The SMILES string of the molecule is O=C(CC(=O)Nc1ccccc1Br)NN=Cc1cccc(Cl)c1Cl. The molecule has 5 nitrogen and oxygen atoms in total. The number of para-hydroxylation sites is 1. The van der Waals surface area contributed by atoms with Crippen molar-refractivity contribution in [1.29, 1.82) is 0 Å². The van der Waals surface area contributed by atoms with Crippen LogP contribution >= 0.6 is 39.1 Å². The molecule has 0 heterocycles. The fourth-order valence-corrected chi connectivity index (χ4v) is 2.48. The van der Waals surface area contributed by atoms with Gasteiger partial charge < -0.3 is 5.32 Å². The minimum absolute atomic E-state index is 0.337. The molecule has 0 fully saturated rings. The van der Waals surface area contributed by atoms with E-state index in [-0.39, 0.29) is 6.42 Å². The third-order valence-electron chi connectivity index (χ3n) is 2.84. The predicted octanol–water partition coefficient (Wildman–Crippen LogP) is 4.23. The smallest absolute Gasteiger partial charge is 0.249 e. The number of carbonyl (C=O) groups is 2. The first-order valence-electron chi connectivity index (χ1n) is 6.77. The number of rotatable bonds is 5. The fourth-order valence-electron chi connectivity index (χ4n) is 1.74. The van der Waals surface area contributed by atoms with Gasteiger partial charge in [-0.3, -0.25) is 9.59 Å². The van der Waals surface area contributed by atoms with Crippen molar-refractivity contribution in [3.8, 4) is 0 Å².